The third-order valence-corrected chi connectivity index (χ3v) is 6.89. The van der Waals surface area contributed by atoms with Crippen molar-refractivity contribution < 1.29 is 19.4 Å². The monoisotopic (exact) mass is 508 g/mol. The fourth-order valence-corrected chi connectivity index (χ4v) is 4.95. The second-order valence-electron chi connectivity index (χ2n) is 9.54. The highest BCUT2D eigenvalue weighted by atomic mass is 16.5. The number of rotatable bonds is 12. The van der Waals surface area contributed by atoms with Gasteiger partial charge in [0.15, 0.2) is 0 Å². The van der Waals surface area contributed by atoms with Gasteiger partial charge < -0.3 is 14.6 Å². The number of ether oxygens (including phenoxy) is 2. The molecule has 2 atom stereocenters. The molecule has 0 aromatic heterocycles. The van der Waals surface area contributed by atoms with Crippen LogP contribution in [0.15, 0.2) is 115 Å². The maximum atomic E-state index is 13.1. The molecule has 0 unspecified atom stereocenters. The van der Waals surface area contributed by atoms with Gasteiger partial charge in [-0.15, -0.1) is 0 Å². The predicted octanol–water partition coefficient (Wildman–Crippen LogP) is 6.48. The van der Waals surface area contributed by atoms with E-state index in [0.29, 0.717) is 12.8 Å². The van der Waals surface area contributed by atoms with Crippen molar-refractivity contribution in [3.05, 3.63) is 143 Å². The third kappa shape index (κ3) is 6.39. The molecule has 38 heavy (non-hydrogen) atoms. The Bertz CT molecular complexity index is 1170. The number of esters is 1. The van der Waals surface area contributed by atoms with E-state index in [0.717, 1.165) is 22.3 Å². The lowest BCUT2D eigenvalue weighted by Crippen LogP contribution is -2.40. The maximum absolute atomic E-state index is 13.1. The molecule has 0 bridgehead atoms. The molecule has 1 N–H and O–H groups in total. The van der Waals surface area contributed by atoms with Crippen molar-refractivity contribution in [3.8, 4) is 0 Å². The van der Waals surface area contributed by atoms with Crippen molar-refractivity contribution in [3.63, 3.8) is 0 Å². The van der Waals surface area contributed by atoms with Gasteiger partial charge in [0.05, 0.1) is 19.3 Å². The van der Waals surface area contributed by atoms with Crippen LogP contribution in [0.1, 0.15) is 41.2 Å². The summed E-state index contributed by atoms with van der Waals surface area (Å²) >= 11 is 0. The van der Waals surface area contributed by atoms with E-state index in [1.165, 1.54) is 5.56 Å². The van der Waals surface area contributed by atoms with Gasteiger partial charge in [-0.3, -0.25) is 4.79 Å². The van der Waals surface area contributed by atoms with Crippen LogP contribution in [0.2, 0.25) is 0 Å². The fourth-order valence-electron chi connectivity index (χ4n) is 4.95. The Kier molecular flexibility index (Phi) is 9.47. The number of carbonyl (C=O) groups is 1. The summed E-state index contributed by atoms with van der Waals surface area (Å²) in [7, 11) is 0. The molecule has 0 saturated carbocycles. The van der Waals surface area contributed by atoms with Gasteiger partial charge in [0.2, 0.25) is 0 Å². The van der Waals surface area contributed by atoms with Gasteiger partial charge in [0, 0.05) is 0 Å². The summed E-state index contributed by atoms with van der Waals surface area (Å²) in [6, 6.07) is 38.2. The highest BCUT2D eigenvalue weighted by Gasteiger charge is 2.40. The molecule has 0 spiro atoms. The van der Waals surface area contributed by atoms with Crippen LogP contribution < -0.4 is 0 Å². The zero-order valence-electron chi connectivity index (χ0n) is 22.1. The molecule has 4 aromatic carbocycles. The van der Waals surface area contributed by atoms with E-state index in [1.54, 1.807) is 6.92 Å². The first kappa shape index (κ1) is 27.3. The van der Waals surface area contributed by atoms with E-state index >= 15 is 0 Å². The molecular weight excluding hydrogens is 472 g/mol. The largest absolute Gasteiger partial charge is 0.466 e. The van der Waals surface area contributed by atoms with E-state index < -0.39 is 23.6 Å². The fraction of sp³-hybridized carbons (Fsp3) is 0.265. The van der Waals surface area contributed by atoms with Crippen molar-refractivity contribution in [1.82, 2.24) is 0 Å². The Morgan fingerprint density at radius 1 is 0.789 bits per heavy atom. The number of aryl methyl sites for hydroxylation is 2. The number of aliphatic hydroxyl groups is 1. The van der Waals surface area contributed by atoms with Crippen LogP contribution in [-0.4, -0.2) is 30.4 Å². The molecule has 4 rings (SSSR count). The Morgan fingerprint density at radius 3 is 1.79 bits per heavy atom. The minimum atomic E-state index is -0.981. The topological polar surface area (TPSA) is 55.8 Å². The highest BCUT2D eigenvalue weighted by molar-refractivity contribution is 5.73. The van der Waals surface area contributed by atoms with Gasteiger partial charge in [-0.1, -0.05) is 121 Å². The molecule has 0 amide bonds. The summed E-state index contributed by atoms with van der Waals surface area (Å²) in [4.78, 5) is 13.1. The first-order chi connectivity index (χ1) is 18.5. The molecule has 0 heterocycles. The predicted molar refractivity (Wildman–Crippen MR) is 151 cm³/mol. The number of hydrogen-bond acceptors (Lipinski definition) is 4. The Morgan fingerprint density at radius 2 is 1.32 bits per heavy atom. The van der Waals surface area contributed by atoms with Gasteiger partial charge in [0.25, 0.3) is 0 Å². The minimum absolute atomic E-state index is 0.00744. The van der Waals surface area contributed by atoms with Crippen LogP contribution in [0, 0.1) is 12.8 Å². The van der Waals surface area contributed by atoms with Crippen molar-refractivity contribution >= 4 is 5.97 Å². The standard InChI is InChI=1S/C34H36O4/c1-3-37-33(36)31(32(35)23-22-27-15-13-14-26(2)24-27)25-38-34(28-16-7-4-8-17-28,29-18-9-5-10-19-29)30-20-11-6-12-21-30/h4-21,24,31-32,35H,3,22-23,25H2,1-2H3/t31-,32-/m0/s1. The van der Waals surface area contributed by atoms with Gasteiger partial charge in [-0.05, 0) is 48.9 Å². The van der Waals surface area contributed by atoms with Crippen molar-refractivity contribution in [2.75, 3.05) is 13.2 Å². The van der Waals surface area contributed by atoms with E-state index in [2.05, 4.69) is 6.07 Å². The summed E-state index contributed by atoms with van der Waals surface area (Å²) in [6.45, 7) is 4.05. The lowest BCUT2D eigenvalue weighted by Gasteiger charge is -2.37. The summed E-state index contributed by atoms with van der Waals surface area (Å²) in [6.07, 6.45) is 0.153. The van der Waals surface area contributed by atoms with Crippen molar-refractivity contribution in [2.45, 2.75) is 38.4 Å². The quantitative estimate of drug-likeness (QED) is 0.176. The van der Waals surface area contributed by atoms with E-state index in [4.69, 9.17) is 9.47 Å². The average molecular weight is 509 g/mol. The molecular formula is C34H36O4. The van der Waals surface area contributed by atoms with Crippen LogP contribution in [0.5, 0.6) is 0 Å². The van der Waals surface area contributed by atoms with Gasteiger partial charge in [-0.2, -0.15) is 0 Å². The van der Waals surface area contributed by atoms with Crippen LogP contribution >= 0.6 is 0 Å². The normalized spacial score (nSPS) is 13.0. The van der Waals surface area contributed by atoms with E-state index in [9.17, 15) is 9.90 Å². The molecule has 0 aliphatic heterocycles. The van der Waals surface area contributed by atoms with Gasteiger partial charge in [0.1, 0.15) is 11.5 Å². The summed E-state index contributed by atoms with van der Waals surface area (Å²) in [5.74, 6) is -1.29. The summed E-state index contributed by atoms with van der Waals surface area (Å²) in [5, 5.41) is 11.3. The molecule has 0 radical (unpaired) electrons. The zero-order chi connectivity index (χ0) is 26.8. The molecule has 4 heteroatoms. The zero-order valence-corrected chi connectivity index (χ0v) is 22.1. The van der Waals surface area contributed by atoms with Crippen LogP contribution in [0.3, 0.4) is 0 Å². The maximum Gasteiger partial charge on any atom is 0.313 e. The summed E-state index contributed by atoms with van der Waals surface area (Å²) in [5.41, 5.74) is 4.13. The average Bonchev–Trinajstić information content (AvgIpc) is 2.96. The first-order valence-corrected chi connectivity index (χ1v) is 13.3. The first-order valence-electron chi connectivity index (χ1n) is 13.3. The number of carbonyl (C=O) groups excluding carboxylic acids is 1. The lowest BCUT2D eigenvalue weighted by molar-refractivity contribution is -0.157. The molecule has 4 nitrogen and oxygen atoms in total. The SMILES string of the molecule is CCOC(=O)[C@@H](COC(c1ccccc1)(c1ccccc1)c1ccccc1)[C@@H](O)CCc1cccc(C)c1. The molecule has 0 aliphatic rings. The van der Waals surface area contributed by atoms with E-state index in [1.807, 2.05) is 116 Å². The minimum Gasteiger partial charge on any atom is -0.466 e. The van der Waals surface area contributed by atoms with Crippen LogP contribution in [0.25, 0.3) is 0 Å². The number of hydrogen-bond donors (Lipinski definition) is 1. The van der Waals surface area contributed by atoms with Gasteiger partial charge >= 0.3 is 5.97 Å². The molecule has 0 saturated heterocycles. The van der Waals surface area contributed by atoms with Crippen molar-refractivity contribution in [1.29, 1.82) is 0 Å². The van der Waals surface area contributed by atoms with Gasteiger partial charge in [-0.25, -0.2) is 0 Å². The smallest absolute Gasteiger partial charge is 0.313 e. The van der Waals surface area contributed by atoms with Crippen LogP contribution in [-0.2, 0) is 26.3 Å². The van der Waals surface area contributed by atoms with E-state index in [-0.39, 0.29) is 13.2 Å². The Hall–Kier alpha value is -3.73. The molecule has 0 aliphatic carbocycles. The number of benzene rings is 4. The number of aliphatic hydroxyl groups excluding tert-OH is 1. The lowest BCUT2D eigenvalue weighted by atomic mass is 9.80. The second kappa shape index (κ2) is 13.2. The molecule has 0 fully saturated rings. The third-order valence-electron chi connectivity index (χ3n) is 6.89. The molecule has 196 valence electrons. The Labute approximate surface area is 225 Å². The van der Waals surface area contributed by atoms with Crippen LogP contribution in [0.4, 0.5) is 0 Å². The molecule has 4 aromatic rings. The Balaban J connectivity index is 1.69. The highest BCUT2D eigenvalue weighted by Crippen LogP contribution is 2.41. The summed E-state index contributed by atoms with van der Waals surface area (Å²) < 4.78 is 12.2. The van der Waals surface area contributed by atoms with Crippen molar-refractivity contribution in [2.24, 2.45) is 5.92 Å². The second-order valence-corrected chi connectivity index (χ2v) is 9.54.